The predicted octanol–water partition coefficient (Wildman–Crippen LogP) is 4.24. The van der Waals surface area contributed by atoms with E-state index >= 15 is 4.39 Å². The molecule has 4 rings (SSSR count). The number of likely N-dealkylation sites (tertiary alicyclic amines) is 1. The van der Waals surface area contributed by atoms with Gasteiger partial charge >= 0.3 is 0 Å². The maximum absolute atomic E-state index is 15.0. The van der Waals surface area contributed by atoms with Crippen LogP contribution in [0.15, 0.2) is 48.0 Å². The lowest BCUT2D eigenvalue weighted by molar-refractivity contribution is -0.125. The first-order valence-corrected chi connectivity index (χ1v) is 10.4. The van der Waals surface area contributed by atoms with Crippen molar-refractivity contribution in [3.8, 4) is 0 Å². The summed E-state index contributed by atoms with van der Waals surface area (Å²) in [4.78, 5) is 30.2. The van der Waals surface area contributed by atoms with Crippen LogP contribution in [0.5, 0.6) is 0 Å². The number of carbonyl (C=O) groups is 1. The Balaban J connectivity index is 1.89. The second kappa shape index (κ2) is 8.18. The Bertz CT molecular complexity index is 1330. The quantitative estimate of drug-likeness (QED) is 0.449. The molecular weight excluding hydrogens is 461 g/mol. The summed E-state index contributed by atoms with van der Waals surface area (Å²) < 4.78 is 31.1. The number of rotatable bonds is 4. The molecule has 0 radical (unpaired) electrons. The Hall–Kier alpha value is -2.97. The predicted molar refractivity (Wildman–Crippen MR) is 120 cm³/mol. The molecule has 0 unspecified atom stereocenters. The normalized spacial score (nSPS) is 18.2. The SMILES string of the molecule is C=CC(=O)N1CC[C@](Nc2cc(F)c3ncn(C)c(=O)c3c2)(c2c(F)ccc(Cl)c2Cl)C1. The molecule has 1 saturated heterocycles. The van der Waals surface area contributed by atoms with E-state index in [0.29, 0.717) is 0 Å². The lowest BCUT2D eigenvalue weighted by atomic mass is 9.87. The molecule has 1 N–H and O–H groups in total. The molecule has 3 aromatic rings. The van der Waals surface area contributed by atoms with Crippen molar-refractivity contribution >= 4 is 45.7 Å². The van der Waals surface area contributed by atoms with Gasteiger partial charge in [0.15, 0.2) is 5.82 Å². The minimum atomic E-state index is -1.22. The number of halogens is 4. The van der Waals surface area contributed by atoms with Crippen LogP contribution in [0.25, 0.3) is 10.9 Å². The maximum Gasteiger partial charge on any atom is 0.261 e. The topological polar surface area (TPSA) is 67.2 Å². The van der Waals surface area contributed by atoms with Gasteiger partial charge in [-0.05, 0) is 36.8 Å². The zero-order valence-electron chi connectivity index (χ0n) is 17.0. The highest BCUT2D eigenvalue weighted by Crippen LogP contribution is 2.43. The van der Waals surface area contributed by atoms with E-state index in [2.05, 4.69) is 16.9 Å². The van der Waals surface area contributed by atoms with E-state index in [1.807, 2.05) is 0 Å². The third-order valence-corrected chi connectivity index (χ3v) is 6.44. The zero-order chi connectivity index (χ0) is 23.2. The van der Waals surface area contributed by atoms with Crippen molar-refractivity contribution in [2.24, 2.45) is 7.05 Å². The summed E-state index contributed by atoms with van der Waals surface area (Å²) in [7, 11) is 1.51. The van der Waals surface area contributed by atoms with Crippen molar-refractivity contribution in [2.75, 3.05) is 18.4 Å². The summed E-state index contributed by atoms with van der Waals surface area (Å²) in [6.07, 6.45) is 2.66. The van der Waals surface area contributed by atoms with Crippen molar-refractivity contribution in [3.63, 3.8) is 0 Å². The van der Waals surface area contributed by atoms with Crippen LogP contribution in [0.3, 0.4) is 0 Å². The zero-order valence-corrected chi connectivity index (χ0v) is 18.5. The van der Waals surface area contributed by atoms with Crippen LogP contribution < -0.4 is 10.9 Å². The lowest BCUT2D eigenvalue weighted by Gasteiger charge is -2.33. The van der Waals surface area contributed by atoms with Gasteiger partial charge in [-0.25, -0.2) is 13.8 Å². The van der Waals surface area contributed by atoms with E-state index in [-0.39, 0.29) is 57.6 Å². The van der Waals surface area contributed by atoms with E-state index in [9.17, 15) is 14.0 Å². The van der Waals surface area contributed by atoms with Gasteiger partial charge in [0.1, 0.15) is 11.3 Å². The lowest BCUT2D eigenvalue weighted by Crippen LogP contribution is -2.41. The Labute approximate surface area is 192 Å². The first-order chi connectivity index (χ1) is 15.2. The molecule has 0 saturated carbocycles. The molecular formula is C22H18Cl2F2N4O2. The first-order valence-electron chi connectivity index (χ1n) is 9.65. The Morgan fingerprint density at radius 2 is 2.03 bits per heavy atom. The molecule has 1 atom stereocenters. The highest BCUT2D eigenvalue weighted by molar-refractivity contribution is 6.42. The van der Waals surface area contributed by atoms with Crippen LogP contribution >= 0.6 is 23.2 Å². The maximum atomic E-state index is 15.0. The van der Waals surface area contributed by atoms with Gasteiger partial charge < -0.3 is 14.8 Å². The van der Waals surface area contributed by atoms with E-state index in [1.165, 1.54) is 47.1 Å². The summed E-state index contributed by atoms with van der Waals surface area (Å²) in [6.45, 7) is 3.80. The van der Waals surface area contributed by atoms with Crippen LogP contribution in [-0.2, 0) is 17.4 Å². The van der Waals surface area contributed by atoms with Crippen LogP contribution in [0, 0.1) is 11.6 Å². The fourth-order valence-electron chi connectivity index (χ4n) is 4.09. The molecule has 32 heavy (non-hydrogen) atoms. The minimum absolute atomic E-state index is 0.00842. The van der Waals surface area contributed by atoms with Gasteiger partial charge in [-0.3, -0.25) is 9.59 Å². The highest BCUT2D eigenvalue weighted by atomic mass is 35.5. The number of aryl methyl sites for hydroxylation is 1. The van der Waals surface area contributed by atoms with Gasteiger partial charge in [0.25, 0.3) is 5.56 Å². The molecule has 0 spiro atoms. The summed E-state index contributed by atoms with van der Waals surface area (Å²) in [5.41, 5.74) is -1.46. The molecule has 1 aromatic heterocycles. The Morgan fingerprint density at radius 3 is 2.75 bits per heavy atom. The van der Waals surface area contributed by atoms with Crippen LogP contribution in [-0.4, -0.2) is 33.4 Å². The van der Waals surface area contributed by atoms with E-state index in [4.69, 9.17) is 23.2 Å². The molecule has 1 aliphatic heterocycles. The van der Waals surface area contributed by atoms with Gasteiger partial charge in [0.2, 0.25) is 5.91 Å². The highest BCUT2D eigenvalue weighted by Gasteiger charge is 2.44. The average molecular weight is 479 g/mol. The number of fused-ring (bicyclic) bond motifs is 1. The number of nitrogens with one attached hydrogen (secondary N) is 1. The Morgan fingerprint density at radius 1 is 1.28 bits per heavy atom. The number of benzene rings is 2. The van der Waals surface area contributed by atoms with Crippen LogP contribution in [0.1, 0.15) is 12.0 Å². The number of anilines is 1. The summed E-state index contributed by atoms with van der Waals surface area (Å²) in [5, 5.41) is 3.33. The van der Waals surface area contributed by atoms with Crippen molar-refractivity contribution in [1.82, 2.24) is 14.5 Å². The van der Waals surface area contributed by atoms with Gasteiger partial charge in [0, 0.05) is 31.4 Å². The number of nitrogens with zero attached hydrogens (tertiary/aromatic N) is 3. The fraction of sp³-hybridized carbons (Fsp3) is 0.227. The van der Waals surface area contributed by atoms with Gasteiger partial charge in [-0.15, -0.1) is 0 Å². The third-order valence-electron chi connectivity index (χ3n) is 5.64. The number of amides is 1. The second-order valence-corrected chi connectivity index (χ2v) is 8.44. The van der Waals surface area contributed by atoms with Crippen molar-refractivity contribution < 1.29 is 13.6 Å². The summed E-state index contributed by atoms with van der Waals surface area (Å²) in [5.74, 6) is -1.68. The third kappa shape index (κ3) is 3.63. The molecule has 0 bridgehead atoms. The van der Waals surface area contributed by atoms with E-state index in [0.717, 1.165) is 6.08 Å². The van der Waals surface area contributed by atoms with Gasteiger partial charge in [0.05, 0.1) is 27.3 Å². The Kier molecular flexibility index (Phi) is 5.68. The first kappa shape index (κ1) is 22.2. The monoisotopic (exact) mass is 478 g/mol. The number of hydrogen-bond donors (Lipinski definition) is 1. The molecule has 1 amide bonds. The average Bonchev–Trinajstić information content (AvgIpc) is 3.18. The summed E-state index contributed by atoms with van der Waals surface area (Å²) >= 11 is 12.6. The molecule has 1 fully saturated rings. The van der Waals surface area contributed by atoms with E-state index < -0.39 is 22.7 Å². The van der Waals surface area contributed by atoms with Crippen molar-refractivity contribution in [3.05, 3.63) is 80.8 Å². The fourth-order valence-corrected chi connectivity index (χ4v) is 4.58. The van der Waals surface area contributed by atoms with Gasteiger partial charge in [-0.2, -0.15) is 0 Å². The minimum Gasteiger partial charge on any atom is -0.373 e. The number of aromatic nitrogens is 2. The molecule has 0 aliphatic carbocycles. The largest absolute Gasteiger partial charge is 0.373 e. The van der Waals surface area contributed by atoms with Crippen molar-refractivity contribution in [2.45, 2.75) is 12.0 Å². The summed E-state index contributed by atoms with van der Waals surface area (Å²) in [6, 6.07) is 5.14. The van der Waals surface area contributed by atoms with E-state index in [1.54, 1.807) is 0 Å². The molecule has 2 heterocycles. The smallest absolute Gasteiger partial charge is 0.261 e. The number of carbonyl (C=O) groups excluding carboxylic acids is 1. The van der Waals surface area contributed by atoms with Gasteiger partial charge in [-0.1, -0.05) is 29.8 Å². The second-order valence-electron chi connectivity index (χ2n) is 7.65. The molecule has 10 heteroatoms. The standard InChI is InChI=1S/C22H18Cl2F2N4O2/c1-3-17(31)30-7-6-22(10-30,18-15(25)5-4-14(23)19(18)24)28-12-8-13-20(16(26)9-12)27-11-29(2)21(13)32/h3-5,8-9,11,28H,1,6-7,10H2,2H3/t22-/m1/s1. The van der Waals surface area contributed by atoms with Crippen LogP contribution in [0.2, 0.25) is 10.0 Å². The molecule has 1 aliphatic rings. The molecule has 2 aromatic carbocycles. The van der Waals surface area contributed by atoms with Crippen LogP contribution in [0.4, 0.5) is 14.5 Å². The number of hydrogen-bond acceptors (Lipinski definition) is 4. The van der Waals surface area contributed by atoms with Crippen molar-refractivity contribution in [1.29, 1.82) is 0 Å². The molecule has 166 valence electrons. The molecule has 6 nitrogen and oxygen atoms in total.